The van der Waals surface area contributed by atoms with Crippen molar-refractivity contribution in [1.29, 1.82) is 0 Å². The Bertz CT molecular complexity index is 430. The fraction of sp³-hybridized carbons (Fsp3) is 0.467. The molecule has 0 saturated carbocycles. The smallest absolute Gasteiger partial charge is 0.104 e. The summed E-state index contributed by atoms with van der Waals surface area (Å²) in [6, 6.07) is 8.99. The number of benzene rings is 1. The van der Waals surface area contributed by atoms with Crippen molar-refractivity contribution in [3.63, 3.8) is 0 Å². The van der Waals surface area contributed by atoms with Crippen molar-refractivity contribution < 1.29 is 5.11 Å². The first-order chi connectivity index (χ1) is 8.29. The molecule has 0 aromatic heterocycles. The zero-order valence-electron chi connectivity index (χ0n) is 10.3. The van der Waals surface area contributed by atoms with E-state index < -0.39 is 0 Å². The zero-order chi connectivity index (χ0) is 12.1. The molecule has 1 aliphatic rings. The minimum atomic E-state index is -0.0760. The van der Waals surface area contributed by atoms with Gasteiger partial charge in [0, 0.05) is 18.2 Å². The van der Waals surface area contributed by atoms with Gasteiger partial charge in [0.05, 0.1) is 0 Å². The molecule has 90 valence electrons. The molecule has 0 aliphatic carbocycles. The number of aliphatic hydroxyl groups is 1. The Morgan fingerprint density at radius 1 is 1.47 bits per heavy atom. The monoisotopic (exact) mass is 229 g/mol. The third-order valence-corrected chi connectivity index (χ3v) is 3.32. The molecular weight excluding hydrogens is 210 g/mol. The van der Waals surface area contributed by atoms with Crippen molar-refractivity contribution in [2.75, 3.05) is 13.2 Å². The average molecular weight is 229 g/mol. The highest BCUT2D eigenvalue weighted by molar-refractivity contribution is 5.37. The van der Waals surface area contributed by atoms with E-state index in [1.54, 1.807) is 0 Å². The number of hydrogen-bond acceptors (Lipinski definition) is 2. The molecule has 1 aromatic carbocycles. The summed E-state index contributed by atoms with van der Waals surface area (Å²) in [5.74, 6) is 5.64. The predicted molar refractivity (Wildman–Crippen MR) is 69.5 cm³/mol. The van der Waals surface area contributed by atoms with E-state index in [9.17, 15) is 0 Å². The standard InChI is InChI=1S/C15H19NO/c1-13-5-3-9-16(13)12-15-7-2-6-14(11-15)8-4-10-17/h2,6-7,11,13,17H,3,5,9-10,12H2,1H3. The molecule has 0 spiro atoms. The minimum Gasteiger partial charge on any atom is -0.384 e. The first-order valence-electron chi connectivity index (χ1n) is 6.22. The van der Waals surface area contributed by atoms with Crippen molar-refractivity contribution in [3.05, 3.63) is 35.4 Å². The molecule has 1 saturated heterocycles. The lowest BCUT2D eigenvalue weighted by atomic mass is 10.1. The summed E-state index contributed by atoms with van der Waals surface area (Å²) in [4.78, 5) is 2.51. The second-order valence-corrected chi connectivity index (χ2v) is 4.62. The van der Waals surface area contributed by atoms with Crippen LogP contribution in [0.15, 0.2) is 24.3 Å². The van der Waals surface area contributed by atoms with Crippen molar-refractivity contribution in [3.8, 4) is 11.8 Å². The molecule has 1 fully saturated rings. The van der Waals surface area contributed by atoms with Gasteiger partial charge >= 0.3 is 0 Å². The van der Waals surface area contributed by atoms with Crippen LogP contribution in [0.5, 0.6) is 0 Å². The van der Waals surface area contributed by atoms with Crippen LogP contribution in [-0.4, -0.2) is 29.2 Å². The van der Waals surface area contributed by atoms with E-state index in [4.69, 9.17) is 5.11 Å². The molecule has 1 aromatic rings. The maximum absolute atomic E-state index is 8.68. The van der Waals surface area contributed by atoms with Crippen LogP contribution < -0.4 is 0 Å². The van der Waals surface area contributed by atoms with E-state index in [0.29, 0.717) is 6.04 Å². The first-order valence-corrected chi connectivity index (χ1v) is 6.22. The van der Waals surface area contributed by atoms with Crippen molar-refractivity contribution in [2.24, 2.45) is 0 Å². The Morgan fingerprint density at radius 3 is 3.06 bits per heavy atom. The normalized spacial score (nSPS) is 20.0. The Hall–Kier alpha value is -1.30. The summed E-state index contributed by atoms with van der Waals surface area (Å²) in [6.07, 6.45) is 2.62. The van der Waals surface area contributed by atoms with Gasteiger partial charge in [-0.1, -0.05) is 24.0 Å². The lowest BCUT2D eigenvalue weighted by Crippen LogP contribution is -2.26. The molecule has 1 aliphatic heterocycles. The molecule has 1 unspecified atom stereocenters. The summed E-state index contributed by atoms with van der Waals surface area (Å²) in [5.41, 5.74) is 2.30. The summed E-state index contributed by atoms with van der Waals surface area (Å²) >= 11 is 0. The third-order valence-electron chi connectivity index (χ3n) is 3.32. The summed E-state index contributed by atoms with van der Waals surface area (Å²) in [5, 5.41) is 8.68. The predicted octanol–water partition coefficient (Wildman–Crippen LogP) is 2.01. The molecule has 0 amide bonds. The quantitative estimate of drug-likeness (QED) is 0.784. The molecule has 1 N–H and O–H groups in total. The summed E-state index contributed by atoms with van der Waals surface area (Å²) in [7, 11) is 0. The Kier molecular flexibility index (Phi) is 4.19. The Morgan fingerprint density at radius 2 is 2.35 bits per heavy atom. The van der Waals surface area contributed by atoms with Gasteiger partial charge in [0.15, 0.2) is 0 Å². The lowest BCUT2D eigenvalue weighted by molar-refractivity contribution is 0.260. The zero-order valence-corrected chi connectivity index (χ0v) is 10.3. The molecule has 1 atom stereocenters. The minimum absolute atomic E-state index is 0.0760. The molecule has 2 nitrogen and oxygen atoms in total. The number of nitrogens with zero attached hydrogens (tertiary/aromatic N) is 1. The van der Waals surface area contributed by atoms with Gasteiger partial charge in [-0.15, -0.1) is 0 Å². The fourth-order valence-corrected chi connectivity index (χ4v) is 2.35. The SMILES string of the molecule is CC1CCCN1Cc1cccc(C#CCO)c1. The summed E-state index contributed by atoms with van der Waals surface area (Å²) < 4.78 is 0. The van der Waals surface area contributed by atoms with Gasteiger partial charge in [0.1, 0.15) is 6.61 Å². The number of hydrogen-bond donors (Lipinski definition) is 1. The number of likely N-dealkylation sites (tertiary alicyclic amines) is 1. The Labute approximate surface area is 103 Å². The second-order valence-electron chi connectivity index (χ2n) is 4.62. The maximum atomic E-state index is 8.68. The van der Waals surface area contributed by atoms with Gasteiger partial charge in [-0.2, -0.15) is 0 Å². The van der Waals surface area contributed by atoms with Gasteiger partial charge in [-0.25, -0.2) is 0 Å². The van der Waals surface area contributed by atoms with E-state index in [0.717, 1.165) is 12.1 Å². The van der Waals surface area contributed by atoms with Gasteiger partial charge in [0.25, 0.3) is 0 Å². The van der Waals surface area contributed by atoms with E-state index in [1.807, 2.05) is 12.1 Å². The van der Waals surface area contributed by atoms with Crippen molar-refractivity contribution in [1.82, 2.24) is 4.90 Å². The van der Waals surface area contributed by atoms with E-state index in [-0.39, 0.29) is 6.61 Å². The number of rotatable bonds is 2. The second kappa shape index (κ2) is 5.86. The molecular formula is C15H19NO. The topological polar surface area (TPSA) is 23.5 Å². The largest absolute Gasteiger partial charge is 0.384 e. The molecule has 17 heavy (non-hydrogen) atoms. The van der Waals surface area contributed by atoms with Crippen LogP contribution in [0.25, 0.3) is 0 Å². The van der Waals surface area contributed by atoms with Gasteiger partial charge in [-0.3, -0.25) is 4.90 Å². The Balaban J connectivity index is 2.05. The van der Waals surface area contributed by atoms with Crippen molar-refractivity contribution in [2.45, 2.75) is 32.4 Å². The molecule has 2 rings (SSSR count). The van der Waals surface area contributed by atoms with Crippen LogP contribution in [0.3, 0.4) is 0 Å². The van der Waals surface area contributed by atoms with Crippen molar-refractivity contribution >= 4 is 0 Å². The van der Waals surface area contributed by atoms with Gasteiger partial charge < -0.3 is 5.11 Å². The average Bonchev–Trinajstić information content (AvgIpc) is 2.73. The number of aliphatic hydroxyl groups excluding tert-OH is 1. The van der Waals surface area contributed by atoms with E-state index in [2.05, 4.69) is 35.8 Å². The van der Waals surface area contributed by atoms with E-state index in [1.165, 1.54) is 24.9 Å². The molecule has 0 radical (unpaired) electrons. The maximum Gasteiger partial charge on any atom is 0.104 e. The third kappa shape index (κ3) is 3.33. The lowest BCUT2D eigenvalue weighted by Gasteiger charge is -2.20. The van der Waals surface area contributed by atoms with Crippen LogP contribution in [0.4, 0.5) is 0 Å². The fourth-order valence-electron chi connectivity index (χ4n) is 2.35. The highest BCUT2D eigenvalue weighted by atomic mass is 16.2. The highest BCUT2D eigenvalue weighted by Crippen LogP contribution is 2.19. The van der Waals surface area contributed by atoms with Crippen LogP contribution >= 0.6 is 0 Å². The van der Waals surface area contributed by atoms with Crippen LogP contribution in [0.2, 0.25) is 0 Å². The highest BCUT2D eigenvalue weighted by Gasteiger charge is 2.19. The van der Waals surface area contributed by atoms with Crippen LogP contribution in [0, 0.1) is 11.8 Å². The first kappa shape index (κ1) is 12.2. The van der Waals surface area contributed by atoms with Crippen LogP contribution in [-0.2, 0) is 6.54 Å². The molecule has 1 heterocycles. The summed E-state index contributed by atoms with van der Waals surface area (Å²) in [6.45, 7) is 4.43. The van der Waals surface area contributed by atoms with E-state index >= 15 is 0 Å². The van der Waals surface area contributed by atoms with Crippen LogP contribution in [0.1, 0.15) is 30.9 Å². The molecule has 2 heteroatoms. The van der Waals surface area contributed by atoms with Gasteiger partial charge in [-0.05, 0) is 44.0 Å². The van der Waals surface area contributed by atoms with Gasteiger partial charge in [0.2, 0.25) is 0 Å². The molecule has 0 bridgehead atoms.